The van der Waals surface area contributed by atoms with Crippen LogP contribution in [0.3, 0.4) is 0 Å². The normalized spacial score (nSPS) is 21.7. The van der Waals surface area contributed by atoms with E-state index in [2.05, 4.69) is 41.3 Å². The number of rotatable bonds is 49. The van der Waals surface area contributed by atoms with Crippen molar-refractivity contribution in [2.75, 3.05) is 131 Å². The van der Waals surface area contributed by atoms with Crippen LogP contribution in [0, 0.1) is 0 Å². The molecule has 4 heterocycles. The molecule has 2 aliphatic rings. The zero-order chi connectivity index (χ0) is 74.6. The van der Waals surface area contributed by atoms with Crippen LogP contribution >= 0.6 is 71.3 Å². The van der Waals surface area contributed by atoms with Gasteiger partial charge in [0.15, 0.2) is 0 Å². The zero-order valence-electron chi connectivity index (χ0n) is 56.3. The van der Waals surface area contributed by atoms with Gasteiger partial charge in [0, 0.05) is 104 Å². The number of hydrogen-bond donors (Lipinski definition) is 16. The number of aliphatic hydroxyl groups excluding tert-OH is 8. The summed E-state index contributed by atoms with van der Waals surface area (Å²) in [5, 5.41) is 125. The SMILES string of the molecule is CSc1ccccc(SC(=O)NCCOCCOCCOCCn2cc(CCO[C@]3(C(=O)O)C[C@H](O)[C@@H](NC(C)=O)[C@H]([C@H](O)[C@H](O)CO)O3)nn2)c(SC)c(SO)c(SNCCOCCOCCOCCn2cc(CCO[C@]3(C(=O)O)C[C@H](O)[C@@H](NC(C)=O)[C@H]([C@H](O)[C@H](O)CO)O3)nn2)c1SO. The first kappa shape index (κ1) is 88.2. The van der Waals surface area contributed by atoms with Gasteiger partial charge in [-0.15, -0.1) is 33.7 Å². The van der Waals surface area contributed by atoms with Gasteiger partial charge >= 0.3 is 11.9 Å². The van der Waals surface area contributed by atoms with Gasteiger partial charge in [-0.2, -0.15) is 0 Å². The minimum atomic E-state index is -2.48. The number of amides is 3. The largest absolute Gasteiger partial charge is 0.477 e. The number of nitrogens with zero attached hydrogens (tertiary/aromatic N) is 6. The van der Waals surface area contributed by atoms with Crippen LogP contribution in [0.15, 0.2) is 66.0 Å². The van der Waals surface area contributed by atoms with Crippen LogP contribution in [0.4, 0.5) is 4.79 Å². The van der Waals surface area contributed by atoms with Crippen molar-refractivity contribution in [2.45, 2.75) is 154 Å². The van der Waals surface area contributed by atoms with E-state index in [1.807, 2.05) is 18.6 Å². The lowest BCUT2D eigenvalue weighted by atomic mass is 9.88. The lowest BCUT2D eigenvalue weighted by molar-refractivity contribution is -0.311. The third-order valence-electron chi connectivity index (χ3n) is 14.9. The molecule has 0 aliphatic carbocycles. The molecule has 3 aromatic rings. The van der Waals surface area contributed by atoms with E-state index in [4.69, 9.17) is 47.4 Å². The molecular weight excluding hydrogens is 1470 g/mol. The Morgan fingerprint density at radius 1 is 0.578 bits per heavy atom. The summed E-state index contributed by atoms with van der Waals surface area (Å²) in [4.78, 5) is 65.0. The van der Waals surface area contributed by atoms with Crippen LogP contribution < -0.4 is 20.7 Å². The molecule has 37 nitrogen and oxygen atoms in total. The predicted molar refractivity (Wildman–Crippen MR) is 367 cm³/mol. The summed E-state index contributed by atoms with van der Waals surface area (Å²) >= 11 is 5.85. The molecule has 1 aromatic carbocycles. The van der Waals surface area contributed by atoms with Crippen LogP contribution in [0.1, 0.15) is 38.1 Å². The van der Waals surface area contributed by atoms with Crippen molar-refractivity contribution in [1.29, 1.82) is 0 Å². The fourth-order valence-corrected chi connectivity index (χ4v) is 14.9. The highest BCUT2D eigenvalue weighted by Crippen LogP contribution is 2.45. The number of thioether (sulfide) groups is 3. The van der Waals surface area contributed by atoms with E-state index in [-0.39, 0.29) is 117 Å². The van der Waals surface area contributed by atoms with Crippen LogP contribution in [0.5, 0.6) is 0 Å². The molecular formula is C59H92N10O27S6. The van der Waals surface area contributed by atoms with Gasteiger partial charge in [0.25, 0.3) is 16.8 Å². The lowest BCUT2D eigenvalue weighted by Crippen LogP contribution is -2.68. The molecule has 0 saturated carbocycles. The van der Waals surface area contributed by atoms with Crippen LogP contribution in [0.25, 0.3) is 0 Å². The number of hydrogen-bond acceptors (Lipinski definition) is 36. The highest BCUT2D eigenvalue weighted by atomic mass is 32.2. The third-order valence-corrected chi connectivity index (χ3v) is 20.2. The summed E-state index contributed by atoms with van der Waals surface area (Å²) in [6, 6.07) is 4.50. The quantitative estimate of drug-likeness (QED) is 0.0138. The van der Waals surface area contributed by atoms with E-state index in [9.17, 15) is 84.1 Å². The topological polar surface area (TPSA) is 530 Å². The highest BCUT2D eigenvalue weighted by Gasteiger charge is 2.57. The van der Waals surface area contributed by atoms with Crippen molar-refractivity contribution >= 4 is 100 Å². The van der Waals surface area contributed by atoms with E-state index in [0.29, 0.717) is 79.6 Å². The molecule has 5 rings (SSSR count). The maximum absolute atomic E-state index is 13.3. The molecule has 0 spiro atoms. The number of carbonyl (C=O) groups excluding carboxylic acids is 3. The maximum Gasteiger partial charge on any atom is 0.364 e. The number of carboxylic acid groups (broad SMARTS) is 2. The van der Waals surface area contributed by atoms with Crippen molar-refractivity contribution in [1.82, 2.24) is 50.7 Å². The van der Waals surface area contributed by atoms with Gasteiger partial charge in [0.05, 0.1) is 169 Å². The molecule has 2 aliphatic heterocycles. The first-order valence-corrected chi connectivity index (χ1v) is 37.5. The predicted octanol–water partition coefficient (Wildman–Crippen LogP) is -1.12. The van der Waals surface area contributed by atoms with Gasteiger partial charge in [-0.1, -0.05) is 22.6 Å². The number of aromatic nitrogens is 6. The van der Waals surface area contributed by atoms with Gasteiger partial charge in [-0.05, 0) is 48.4 Å². The number of aliphatic hydroxyl groups is 8. The Balaban J connectivity index is 0.948. The van der Waals surface area contributed by atoms with Crippen LogP contribution in [-0.4, -0.2) is 323 Å². The summed E-state index contributed by atoms with van der Waals surface area (Å²) in [7, 11) is 0. The van der Waals surface area contributed by atoms with E-state index in [1.54, 1.807) is 30.6 Å². The molecule has 43 heteroatoms. The number of carbonyl (C=O) groups is 5. The van der Waals surface area contributed by atoms with Crippen molar-refractivity contribution in [3.63, 3.8) is 0 Å². The van der Waals surface area contributed by atoms with E-state index >= 15 is 0 Å². The summed E-state index contributed by atoms with van der Waals surface area (Å²) in [5.74, 6) is -9.45. The van der Waals surface area contributed by atoms with E-state index in [1.165, 1.54) is 44.8 Å². The molecule has 0 unspecified atom stereocenters. The molecule has 16 N–H and O–H groups in total. The summed E-state index contributed by atoms with van der Waals surface area (Å²) in [5.41, 5.74) is 0.854. The second kappa shape index (κ2) is 47.3. The molecule has 102 heavy (non-hydrogen) atoms. The molecule has 2 saturated heterocycles. The Kier molecular flexibility index (Phi) is 40.9. The van der Waals surface area contributed by atoms with Gasteiger partial charge in [-0.3, -0.25) is 19.1 Å². The second-order valence-corrected chi connectivity index (χ2v) is 27.0. The van der Waals surface area contributed by atoms with Gasteiger partial charge < -0.3 is 123 Å². The molecule has 3 amide bonds. The number of ether oxygens (including phenoxy) is 10. The number of aliphatic carboxylic acids is 2. The Morgan fingerprint density at radius 2 is 1.00 bits per heavy atom. The van der Waals surface area contributed by atoms with Crippen molar-refractivity contribution in [2.24, 2.45) is 0 Å². The molecule has 0 radical (unpaired) electrons. The summed E-state index contributed by atoms with van der Waals surface area (Å²) in [6.07, 6.45) is -8.11. The summed E-state index contributed by atoms with van der Waals surface area (Å²) < 4.78 is 84.3. The Morgan fingerprint density at radius 3 is 1.40 bits per heavy atom. The second-order valence-electron chi connectivity index (χ2n) is 22.2. The number of nitrogens with one attached hydrogen (secondary N) is 4. The molecule has 12 atom stereocenters. The Hall–Kier alpha value is -4.41. The number of carboxylic acids is 2. The summed E-state index contributed by atoms with van der Waals surface area (Å²) in [6.45, 7) is 4.19. The average molecular weight is 1570 g/mol. The first-order valence-electron chi connectivity index (χ1n) is 31.8. The van der Waals surface area contributed by atoms with Crippen molar-refractivity contribution < 1.29 is 132 Å². The van der Waals surface area contributed by atoms with Gasteiger partial charge in [-0.25, -0.2) is 19.0 Å². The van der Waals surface area contributed by atoms with Gasteiger partial charge in [0.1, 0.15) is 36.6 Å². The lowest BCUT2D eigenvalue weighted by Gasteiger charge is -2.46. The van der Waals surface area contributed by atoms with E-state index in [0.717, 1.165) is 30.5 Å². The standard InChI is InChI=1S/C59H92N10O27S6/c1-35(72)62-45-39(74)29-58(55(80)81,95-49(45)47(78)41(76)33-70)93-15-9-37-31-68(66-64-37)13-19-89-23-27-91-25-21-87-17-11-60-57(84)99-44-8-6-5-7-43(97-3)52(101-85)53(54(102-86)51(44)98-4)100-61-12-18-88-22-26-92-28-24-90-20-14-69-32-38(65-67-69)10-16-94-59(56(82)83)30-40(75)46(63-36(2)73)50(96-59)48(79)42(77)34-71/h5-8,31-32,39-42,45-50,61,70-71,74-79,85-86H,9-30,33-34H2,1-4H3,(H,60,84)(H,62,72)(H,63,73)(H,80,81)(H,82,83)/t39-,40-,41+,42+,45+,46+,47+,48+,49+,50+,58+,59+/m0/s1. The minimum Gasteiger partial charge on any atom is -0.477 e. The Labute approximate surface area is 613 Å². The van der Waals surface area contributed by atoms with Crippen molar-refractivity contribution in [3.05, 3.63) is 48.0 Å². The van der Waals surface area contributed by atoms with E-state index < -0.39 is 122 Å². The maximum atomic E-state index is 13.3. The smallest absolute Gasteiger partial charge is 0.364 e. The van der Waals surface area contributed by atoms with Crippen molar-refractivity contribution in [3.8, 4) is 0 Å². The van der Waals surface area contributed by atoms with Crippen LogP contribution in [0.2, 0.25) is 0 Å². The molecule has 576 valence electrons. The molecule has 2 fully saturated rings. The Bertz CT molecular complexity index is 3110. The molecule has 0 bridgehead atoms. The average Bonchev–Trinajstić information content (AvgIpc) is 0.878. The fraction of sp³-hybridized carbons (Fsp3) is 0.678. The monoisotopic (exact) mass is 1560 g/mol. The van der Waals surface area contributed by atoms with Gasteiger partial charge in [0.2, 0.25) is 11.8 Å². The minimum absolute atomic E-state index is 0.0660. The highest BCUT2D eigenvalue weighted by molar-refractivity contribution is 8.14. The molecule has 2 aromatic heterocycles. The third kappa shape index (κ3) is 28.4. The fourth-order valence-electron chi connectivity index (χ4n) is 9.88. The zero-order valence-corrected chi connectivity index (χ0v) is 61.2. The van der Waals surface area contributed by atoms with Crippen LogP contribution in [-0.2, 0) is 92.5 Å². The first-order chi connectivity index (χ1) is 49.0.